The van der Waals surface area contributed by atoms with Crippen molar-refractivity contribution in [1.29, 1.82) is 0 Å². The zero-order valence-corrected chi connectivity index (χ0v) is 9.55. The van der Waals surface area contributed by atoms with Gasteiger partial charge in [-0.15, -0.1) is 0 Å². The summed E-state index contributed by atoms with van der Waals surface area (Å²) in [7, 11) is 0. The van der Waals surface area contributed by atoms with Gasteiger partial charge in [-0.2, -0.15) is 0 Å². The molecule has 0 aromatic carbocycles. The quantitative estimate of drug-likeness (QED) is 0.576. The van der Waals surface area contributed by atoms with Crippen LogP contribution in [0.3, 0.4) is 0 Å². The van der Waals surface area contributed by atoms with E-state index < -0.39 is 0 Å². The Morgan fingerprint density at radius 3 is 2.31 bits per heavy atom. The van der Waals surface area contributed by atoms with Crippen molar-refractivity contribution in [2.24, 2.45) is 76.4 Å². The first-order chi connectivity index (χ1) is 7.94. The average Bonchev–Trinajstić information content (AvgIpc) is 2.52. The van der Waals surface area contributed by atoms with Crippen molar-refractivity contribution >= 4 is 0 Å². The van der Waals surface area contributed by atoms with E-state index in [0.717, 1.165) is 5.41 Å². The molecule has 0 aliphatic heterocycles. The Bertz CT molecular complexity index is 494. The minimum Gasteiger partial charge on any atom is -0.0470 e. The van der Waals surface area contributed by atoms with Gasteiger partial charge in [-0.3, -0.25) is 0 Å². The molecular formula is C16H18. The molecule has 0 amide bonds. The van der Waals surface area contributed by atoms with E-state index in [0.29, 0.717) is 0 Å². The second-order valence-corrected chi connectivity index (χ2v) is 8.97. The lowest BCUT2D eigenvalue weighted by molar-refractivity contribution is -0.294. The summed E-state index contributed by atoms with van der Waals surface area (Å²) in [6.45, 7) is 0. The lowest BCUT2D eigenvalue weighted by Crippen LogP contribution is -2.73. The molecule has 8 rings (SSSR count). The Morgan fingerprint density at radius 2 is 1.38 bits per heavy atom. The van der Waals surface area contributed by atoms with Gasteiger partial charge in [0.25, 0.3) is 0 Å². The third-order valence-corrected chi connectivity index (χ3v) is 9.89. The Morgan fingerprint density at radius 1 is 0.625 bits per heavy atom. The number of hydrogen-bond acceptors (Lipinski definition) is 0. The Hall–Kier alpha value is 0. The standard InChI is InChI=1S/C16H18/c1-4-2-6-5(1)8-9(6)13-11(8)12-10-7(3-4)16(13)14(10)15(12)16/h4-15H,1-3H2. The van der Waals surface area contributed by atoms with Gasteiger partial charge >= 0.3 is 0 Å². The molecule has 16 heavy (non-hydrogen) atoms. The predicted octanol–water partition coefficient (Wildman–Crippen LogP) is 2.65. The minimum atomic E-state index is 1.06. The van der Waals surface area contributed by atoms with Gasteiger partial charge in [-0.25, -0.2) is 0 Å². The van der Waals surface area contributed by atoms with Crippen LogP contribution in [-0.4, -0.2) is 0 Å². The van der Waals surface area contributed by atoms with Crippen molar-refractivity contribution in [3.63, 3.8) is 0 Å². The van der Waals surface area contributed by atoms with Crippen LogP contribution < -0.4 is 0 Å². The SMILES string of the molecule is C1C2CC3C1C1C3C3C1C1C4C(C2)C32C1C42. The van der Waals surface area contributed by atoms with Crippen LogP contribution in [0.2, 0.25) is 0 Å². The van der Waals surface area contributed by atoms with Crippen LogP contribution in [0, 0.1) is 76.4 Å². The number of hydrogen-bond donors (Lipinski definition) is 0. The summed E-state index contributed by atoms with van der Waals surface area (Å²) < 4.78 is 0. The lowest BCUT2D eigenvalue weighted by Gasteiger charge is -2.76. The predicted molar refractivity (Wildman–Crippen MR) is 58.2 cm³/mol. The molecule has 8 aliphatic carbocycles. The average molecular weight is 210 g/mol. The molecule has 0 heteroatoms. The maximum atomic E-state index is 1.71. The van der Waals surface area contributed by atoms with E-state index in [4.69, 9.17) is 0 Å². The summed E-state index contributed by atoms with van der Waals surface area (Å²) in [4.78, 5) is 0. The monoisotopic (exact) mass is 210 g/mol. The van der Waals surface area contributed by atoms with Gasteiger partial charge in [0, 0.05) is 0 Å². The second kappa shape index (κ2) is 1.45. The molecule has 13 atom stereocenters. The van der Waals surface area contributed by atoms with E-state index in [1.54, 1.807) is 19.3 Å². The molecule has 8 fully saturated rings. The van der Waals surface area contributed by atoms with Gasteiger partial charge < -0.3 is 0 Å². The van der Waals surface area contributed by atoms with E-state index in [-0.39, 0.29) is 0 Å². The Labute approximate surface area is 96.2 Å². The smallest absolute Gasteiger partial charge is 0.0164 e. The summed E-state index contributed by atoms with van der Waals surface area (Å²) in [5.41, 5.74) is 1.06. The van der Waals surface area contributed by atoms with E-state index in [1.807, 2.05) is 0 Å². The van der Waals surface area contributed by atoms with Gasteiger partial charge in [0.05, 0.1) is 0 Å². The first kappa shape index (κ1) is 6.81. The molecule has 13 unspecified atom stereocenters. The molecule has 0 heterocycles. The molecule has 8 aliphatic rings. The highest BCUT2D eigenvalue weighted by Gasteiger charge is 3.02. The first-order valence-electron chi connectivity index (χ1n) is 7.94. The van der Waals surface area contributed by atoms with Crippen molar-refractivity contribution in [3.05, 3.63) is 0 Å². The largest absolute Gasteiger partial charge is 0.0470 e. The molecule has 2 bridgehead atoms. The van der Waals surface area contributed by atoms with Crippen LogP contribution in [-0.2, 0) is 0 Å². The van der Waals surface area contributed by atoms with Crippen molar-refractivity contribution < 1.29 is 0 Å². The molecule has 82 valence electrons. The van der Waals surface area contributed by atoms with E-state index in [9.17, 15) is 0 Å². The normalized spacial score (nSPS) is 97.5. The van der Waals surface area contributed by atoms with Crippen molar-refractivity contribution in [3.8, 4) is 0 Å². The van der Waals surface area contributed by atoms with Gasteiger partial charge in [0.2, 0.25) is 0 Å². The van der Waals surface area contributed by atoms with Crippen molar-refractivity contribution in [2.75, 3.05) is 0 Å². The van der Waals surface area contributed by atoms with Crippen LogP contribution >= 0.6 is 0 Å². The van der Waals surface area contributed by atoms with E-state index in [1.165, 1.54) is 71.0 Å². The fourth-order valence-electron chi connectivity index (χ4n) is 10.4. The molecule has 0 N–H and O–H groups in total. The summed E-state index contributed by atoms with van der Waals surface area (Å²) in [5, 5.41) is 0. The van der Waals surface area contributed by atoms with Crippen molar-refractivity contribution in [2.45, 2.75) is 19.3 Å². The van der Waals surface area contributed by atoms with Crippen LogP contribution in [0.1, 0.15) is 19.3 Å². The third-order valence-electron chi connectivity index (χ3n) is 9.89. The zero-order valence-electron chi connectivity index (χ0n) is 9.55. The lowest BCUT2D eigenvalue weighted by atomic mass is 9.28. The highest BCUT2D eigenvalue weighted by Crippen LogP contribution is 3.06. The molecule has 0 aromatic heterocycles. The minimum absolute atomic E-state index is 1.06. The molecule has 0 radical (unpaired) electrons. The molecule has 0 nitrogen and oxygen atoms in total. The van der Waals surface area contributed by atoms with Crippen molar-refractivity contribution in [1.82, 2.24) is 0 Å². The molecule has 0 saturated heterocycles. The number of rotatable bonds is 0. The first-order valence-corrected chi connectivity index (χ1v) is 7.94. The summed E-state index contributed by atoms with van der Waals surface area (Å²) in [6.07, 6.45) is 5.09. The van der Waals surface area contributed by atoms with Crippen LogP contribution in [0.5, 0.6) is 0 Å². The van der Waals surface area contributed by atoms with Crippen LogP contribution in [0.15, 0.2) is 0 Å². The highest BCUT2D eigenvalue weighted by molar-refractivity contribution is 5.49. The van der Waals surface area contributed by atoms with Gasteiger partial charge in [0.15, 0.2) is 0 Å². The van der Waals surface area contributed by atoms with Gasteiger partial charge in [0.1, 0.15) is 0 Å². The fourth-order valence-corrected chi connectivity index (χ4v) is 10.4. The zero-order chi connectivity index (χ0) is 9.55. The topological polar surface area (TPSA) is 0 Å². The van der Waals surface area contributed by atoms with Gasteiger partial charge in [-0.05, 0) is 95.7 Å². The molecule has 8 saturated carbocycles. The molecule has 1 spiro atoms. The maximum absolute atomic E-state index is 1.71. The van der Waals surface area contributed by atoms with Gasteiger partial charge in [-0.1, -0.05) is 0 Å². The second-order valence-electron chi connectivity index (χ2n) is 8.97. The third kappa shape index (κ3) is 0.320. The summed E-state index contributed by atoms with van der Waals surface area (Å²) in [6, 6.07) is 0. The molecule has 0 aromatic rings. The summed E-state index contributed by atoms with van der Waals surface area (Å²) >= 11 is 0. The maximum Gasteiger partial charge on any atom is -0.0164 e. The Kier molecular flexibility index (Phi) is 0.618. The summed E-state index contributed by atoms with van der Waals surface area (Å²) in [5.74, 6) is 15.6. The fraction of sp³-hybridized carbons (Fsp3) is 1.00. The van der Waals surface area contributed by atoms with Crippen LogP contribution in [0.4, 0.5) is 0 Å². The van der Waals surface area contributed by atoms with E-state index in [2.05, 4.69) is 0 Å². The van der Waals surface area contributed by atoms with Crippen LogP contribution in [0.25, 0.3) is 0 Å². The number of fused-ring (bicyclic) bond motifs is 6. The highest BCUT2D eigenvalue weighted by atomic mass is 15.1. The van der Waals surface area contributed by atoms with E-state index >= 15 is 0 Å². The molecular weight excluding hydrogens is 192 g/mol. The Balaban J connectivity index is 1.49.